The van der Waals surface area contributed by atoms with Crippen LogP contribution >= 0.6 is 0 Å². The number of carbonyl (C=O) groups excluding carboxylic acids is 1. The van der Waals surface area contributed by atoms with Crippen molar-refractivity contribution in [3.8, 4) is 11.5 Å². The van der Waals surface area contributed by atoms with E-state index >= 15 is 0 Å². The van der Waals surface area contributed by atoms with Crippen molar-refractivity contribution < 1.29 is 14.3 Å². The van der Waals surface area contributed by atoms with Gasteiger partial charge in [-0.2, -0.15) is 0 Å². The van der Waals surface area contributed by atoms with Crippen LogP contribution in [0.25, 0.3) is 0 Å². The summed E-state index contributed by atoms with van der Waals surface area (Å²) < 4.78 is 11.5. The highest BCUT2D eigenvalue weighted by molar-refractivity contribution is 5.74. The van der Waals surface area contributed by atoms with Gasteiger partial charge >= 0.3 is 6.03 Å². The van der Waals surface area contributed by atoms with E-state index in [0.717, 1.165) is 5.75 Å². The van der Waals surface area contributed by atoms with Gasteiger partial charge in [0.2, 0.25) is 0 Å². The van der Waals surface area contributed by atoms with Crippen molar-refractivity contribution in [2.45, 2.75) is 6.10 Å². The van der Waals surface area contributed by atoms with Crippen LogP contribution < -0.4 is 9.47 Å². The third kappa shape index (κ3) is 3.81. The van der Waals surface area contributed by atoms with Crippen LogP contribution in [0.1, 0.15) is 0 Å². The molecule has 2 rings (SSSR count). The van der Waals surface area contributed by atoms with Gasteiger partial charge in [-0.15, -0.1) is 13.2 Å². The first-order valence-corrected chi connectivity index (χ1v) is 7.26. The second-order valence-corrected chi connectivity index (χ2v) is 5.14. The smallest absolute Gasteiger partial charge is 0.320 e. The summed E-state index contributed by atoms with van der Waals surface area (Å²) in [4.78, 5) is 15.7. The molecule has 0 aromatic heterocycles. The molecule has 0 N–H and O–H groups in total. The molecule has 1 unspecified atom stereocenters. The van der Waals surface area contributed by atoms with E-state index in [9.17, 15) is 4.79 Å². The number of hydrogen-bond acceptors (Lipinski definition) is 3. The van der Waals surface area contributed by atoms with E-state index in [-0.39, 0.29) is 12.1 Å². The van der Waals surface area contributed by atoms with E-state index in [0.29, 0.717) is 32.0 Å². The largest absolute Gasteiger partial charge is 0.486 e. The number of rotatable bonds is 6. The van der Waals surface area contributed by atoms with E-state index in [4.69, 9.17) is 9.47 Å². The number of nitrogens with zero attached hydrogens (tertiary/aromatic N) is 2. The van der Waals surface area contributed by atoms with Crippen molar-refractivity contribution in [3.05, 3.63) is 49.6 Å². The molecule has 5 nitrogen and oxygen atoms in total. The lowest BCUT2D eigenvalue weighted by atomic mass is 10.2. The number of carbonyl (C=O) groups is 1. The number of benzene rings is 1. The average molecular weight is 302 g/mol. The first-order valence-electron chi connectivity index (χ1n) is 7.26. The second kappa shape index (κ2) is 7.54. The molecule has 0 radical (unpaired) electrons. The fourth-order valence-corrected chi connectivity index (χ4v) is 2.32. The molecule has 2 amide bonds. The Morgan fingerprint density at radius 2 is 1.91 bits per heavy atom. The Balaban J connectivity index is 1.94. The molecule has 0 spiro atoms. The first-order chi connectivity index (χ1) is 10.7. The van der Waals surface area contributed by atoms with Gasteiger partial charge in [0.1, 0.15) is 6.61 Å². The van der Waals surface area contributed by atoms with Gasteiger partial charge in [0.05, 0.1) is 6.54 Å². The molecule has 1 aromatic carbocycles. The zero-order valence-electron chi connectivity index (χ0n) is 12.9. The topological polar surface area (TPSA) is 42.0 Å². The highest BCUT2D eigenvalue weighted by atomic mass is 16.6. The molecule has 1 atom stereocenters. The summed E-state index contributed by atoms with van der Waals surface area (Å²) in [6, 6.07) is 7.46. The molecule has 1 heterocycles. The number of para-hydroxylation sites is 2. The lowest BCUT2D eigenvalue weighted by Crippen LogP contribution is -2.47. The molecule has 1 aliphatic rings. The van der Waals surface area contributed by atoms with Crippen LogP contribution in [-0.4, -0.2) is 55.2 Å². The quantitative estimate of drug-likeness (QED) is 0.758. The molecule has 1 aromatic rings. The van der Waals surface area contributed by atoms with Gasteiger partial charge in [-0.25, -0.2) is 4.79 Å². The summed E-state index contributed by atoms with van der Waals surface area (Å²) in [5.74, 6) is 1.46. The predicted octanol–water partition coefficient (Wildman–Crippen LogP) is 2.55. The maximum Gasteiger partial charge on any atom is 0.320 e. The predicted molar refractivity (Wildman–Crippen MR) is 86.3 cm³/mol. The molecule has 118 valence electrons. The van der Waals surface area contributed by atoms with Crippen molar-refractivity contribution in [3.63, 3.8) is 0 Å². The van der Waals surface area contributed by atoms with Gasteiger partial charge in [-0.05, 0) is 12.1 Å². The molecular formula is C17H22N2O3. The highest BCUT2D eigenvalue weighted by Crippen LogP contribution is 2.30. The van der Waals surface area contributed by atoms with Gasteiger partial charge in [0.25, 0.3) is 0 Å². The lowest BCUT2D eigenvalue weighted by Gasteiger charge is -2.32. The zero-order chi connectivity index (χ0) is 15.9. The highest BCUT2D eigenvalue weighted by Gasteiger charge is 2.25. The van der Waals surface area contributed by atoms with Gasteiger partial charge < -0.3 is 19.3 Å². The average Bonchev–Trinajstić information content (AvgIpc) is 2.54. The number of ether oxygens (including phenoxy) is 2. The molecule has 0 saturated heterocycles. The molecule has 0 bridgehead atoms. The van der Waals surface area contributed by atoms with Gasteiger partial charge in [-0.3, -0.25) is 0 Å². The maximum absolute atomic E-state index is 12.4. The summed E-state index contributed by atoms with van der Waals surface area (Å²) in [5, 5.41) is 0. The molecule has 22 heavy (non-hydrogen) atoms. The molecule has 0 saturated carbocycles. The van der Waals surface area contributed by atoms with E-state index in [1.54, 1.807) is 29.0 Å². The number of likely N-dealkylation sites (N-methyl/N-ethyl adjacent to an activating group) is 1. The Hall–Kier alpha value is -2.43. The Labute approximate surface area is 131 Å². The third-order valence-corrected chi connectivity index (χ3v) is 3.34. The molecule has 0 aliphatic carbocycles. The summed E-state index contributed by atoms with van der Waals surface area (Å²) in [5.41, 5.74) is 0. The lowest BCUT2D eigenvalue weighted by molar-refractivity contribution is 0.0672. The minimum absolute atomic E-state index is 0.0812. The van der Waals surface area contributed by atoms with Crippen LogP contribution in [0, 0.1) is 0 Å². The summed E-state index contributed by atoms with van der Waals surface area (Å²) >= 11 is 0. The molecular weight excluding hydrogens is 280 g/mol. The minimum Gasteiger partial charge on any atom is -0.486 e. The zero-order valence-corrected chi connectivity index (χ0v) is 12.9. The minimum atomic E-state index is -0.182. The van der Waals surface area contributed by atoms with Crippen LogP contribution in [-0.2, 0) is 0 Å². The number of urea groups is 1. The van der Waals surface area contributed by atoms with Crippen LogP contribution in [0.5, 0.6) is 11.5 Å². The number of fused-ring (bicyclic) bond motifs is 1. The summed E-state index contributed by atoms with van der Waals surface area (Å²) in [7, 11) is 1.76. The van der Waals surface area contributed by atoms with Crippen molar-refractivity contribution >= 4 is 6.03 Å². The Kier molecular flexibility index (Phi) is 5.47. The standard InChI is InChI=1S/C17H22N2O3/c1-4-10-19(11-5-2)17(20)18(3)12-14-13-21-15-8-6-7-9-16(15)22-14/h4-9,14H,1-2,10-13H2,3H3. The van der Waals surface area contributed by atoms with Crippen molar-refractivity contribution in [1.29, 1.82) is 0 Å². The summed E-state index contributed by atoms with van der Waals surface area (Å²) in [6.07, 6.45) is 3.22. The first kappa shape index (κ1) is 15.9. The van der Waals surface area contributed by atoms with Crippen molar-refractivity contribution in [2.75, 3.05) is 33.3 Å². The monoisotopic (exact) mass is 302 g/mol. The second-order valence-electron chi connectivity index (χ2n) is 5.14. The van der Waals surface area contributed by atoms with Crippen LogP contribution in [0.3, 0.4) is 0 Å². The molecule has 0 fully saturated rings. The van der Waals surface area contributed by atoms with E-state index in [2.05, 4.69) is 13.2 Å². The Bertz CT molecular complexity index is 534. The van der Waals surface area contributed by atoms with Crippen LogP contribution in [0.4, 0.5) is 4.79 Å². The van der Waals surface area contributed by atoms with Gasteiger partial charge in [0.15, 0.2) is 17.6 Å². The fourth-order valence-electron chi connectivity index (χ4n) is 2.32. The van der Waals surface area contributed by atoms with Crippen molar-refractivity contribution in [2.24, 2.45) is 0 Å². The van der Waals surface area contributed by atoms with Gasteiger partial charge in [0, 0.05) is 20.1 Å². The van der Waals surface area contributed by atoms with Crippen LogP contribution in [0.15, 0.2) is 49.6 Å². The van der Waals surface area contributed by atoms with Crippen LogP contribution in [0.2, 0.25) is 0 Å². The van der Waals surface area contributed by atoms with Crippen molar-refractivity contribution in [1.82, 2.24) is 9.80 Å². The third-order valence-electron chi connectivity index (χ3n) is 3.34. The maximum atomic E-state index is 12.4. The normalized spacial score (nSPS) is 15.8. The summed E-state index contributed by atoms with van der Waals surface area (Å²) in [6.45, 7) is 9.20. The fraction of sp³-hybridized carbons (Fsp3) is 0.353. The Morgan fingerprint density at radius 1 is 1.27 bits per heavy atom. The molecule has 5 heteroatoms. The van der Waals surface area contributed by atoms with E-state index in [1.165, 1.54) is 0 Å². The van der Waals surface area contributed by atoms with E-state index < -0.39 is 0 Å². The van der Waals surface area contributed by atoms with E-state index in [1.807, 2.05) is 24.3 Å². The number of hydrogen-bond donors (Lipinski definition) is 0. The number of amides is 2. The van der Waals surface area contributed by atoms with Gasteiger partial charge in [-0.1, -0.05) is 24.3 Å². The molecule has 1 aliphatic heterocycles. The Morgan fingerprint density at radius 3 is 2.55 bits per heavy atom. The SMILES string of the molecule is C=CCN(CC=C)C(=O)N(C)CC1COc2ccccc2O1.